The lowest BCUT2D eigenvalue weighted by Crippen LogP contribution is -2.05. The van der Waals surface area contributed by atoms with Gasteiger partial charge in [-0.2, -0.15) is 0 Å². The monoisotopic (exact) mass is 181 g/mol. The first kappa shape index (κ1) is 9.80. The molecular formula is C9H15N3O. The predicted molar refractivity (Wildman–Crippen MR) is 53.6 cm³/mol. The fourth-order valence-electron chi connectivity index (χ4n) is 0.959. The van der Waals surface area contributed by atoms with Crippen LogP contribution in [0.4, 0.5) is 11.5 Å². The molecule has 0 aliphatic rings. The maximum atomic E-state index is 8.56. The molecule has 0 aliphatic heterocycles. The van der Waals surface area contributed by atoms with Gasteiger partial charge in [-0.15, -0.1) is 0 Å². The van der Waals surface area contributed by atoms with Crippen molar-refractivity contribution in [3.05, 3.63) is 17.8 Å². The Kier molecular flexibility index (Phi) is 3.52. The van der Waals surface area contributed by atoms with E-state index in [1.54, 1.807) is 6.20 Å². The number of aliphatic hydroxyl groups excluding tert-OH is 1. The Balaban J connectivity index is 2.53. The number of nitrogens with zero attached hydrogens (tertiary/aromatic N) is 1. The topological polar surface area (TPSA) is 71.2 Å². The number of pyridine rings is 1. The third kappa shape index (κ3) is 2.91. The van der Waals surface area contributed by atoms with Crippen LogP contribution in [-0.4, -0.2) is 23.2 Å². The highest BCUT2D eigenvalue weighted by molar-refractivity contribution is 5.50. The van der Waals surface area contributed by atoms with E-state index >= 15 is 0 Å². The van der Waals surface area contributed by atoms with Gasteiger partial charge in [0, 0.05) is 13.2 Å². The lowest BCUT2D eigenvalue weighted by atomic mass is 10.2. The van der Waals surface area contributed by atoms with E-state index in [0.717, 1.165) is 24.3 Å². The smallest absolute Gasteiger partial charge is 0.126 e. The molecule has 0 radical (unpaired) electrons. The van der Waals surface area contributed by atoms with Crippen LogP contribution in [0.15, 0.2) is 12.3 Å². The molecule has 4 N–H and O–H groups in total. The highest BCUT2D eigenvalue weighted by Gasteiger charge is 1.96. The number of nitrogens with two attached hydrogens (primary N) is 1. The zero-order valence-electron chi connectivity index (χ0n) is 7.75. The lowest BCUT2D eigenvalue weighted by Gasteiger charge is -2.06. The van der Waals surface area contributed by atoms with E-state index in [1.807, 2.05) is 13.0 Å². The molecule has 1 aromatic rings. The van der Waals surface area contributed by atoms with E-state index in [4.69, 9.17) is 10.8 Å². The number of nitrogens with one attached hydrogen (secondary N) is 1. The van der Waals surface area contributed by atoms with Gasteiger partial charge in [0.05, 0.1) is 11.9 Å². The number of anilines is 2. The van der Waals surface area contributed by atoms with Crippen molar-refractivity contribution in [3.63, 3.8) is 0 Å². The second-order valence-corrected chi connectivity index (χ2v) is 2.93. The van der Waals surface area contributed by atoms with Crippen molar-refractivity contribution >= 4 is 11.5 Å². The molecule has 0 aliphatic carbocycles. The predicted octanol–water partition coefficient (Wildman–Crippen LogP) is 0.767. The zero-order chi connectivity index (χ0) is 9.68. The van der Waals surface area contributed by atoms with Crippen LogP contribution in [0.25, 0.3) is 0 Å². The van der Waals surface area contributed by atoms with Crippen molar-refractivity contribution < 1.29 is 5.11 Å². The number of hydrogen-bond donors (Lipinski definition) is 3. The molecule has 4 nitrogen and oxygen atoms in total. The molecule has 0 fully saturated rings. The minimum Gasteiger partial charge on any atom is -0.397 e. The largest absolute Gasteiger partial charge is 0.397 e. The molecule has 4 heteroatoms. The molecule has 13 heavy (non-hydrogen) atoms. The van der Waals surface area contributed by atoms with Crippen molar-refractivity contribution in [3.8, 4) is 0 Å². The van der Waals surface area contributed by atoms with Crippen LogP contribution in [0.3, 0.4) is 0 Å². The first-order valence-electron chi connectivity index (χ1n) is 4.31. The van der Waals surface area contributed by atoms with Crippen molar-refractivity contribution in [2.24, 2.45) is 0 Å². The number of rotatable bonds is 4. The van der Waals surface area contributed by atoms with Gasteiger partial charge >= 0.3 is 0 Å². The summed E-state index contributed by atoms with van der Waals surface area (Å²) in [6, 6.07) is 1.90. The fourth-order valence-corrected chi connectivity index (χ4v) is 0.959. The summed E-state index contributed by atoms with van der Waals surface area (Å²) in [5.74, 6) is 0.806. The second-order valence-electron chi connectivity index (χ2n) is 2.93. The molecule has 1 heterocycles. The second kappa shape index (κ2) is 4.67. The minimum absolute atomic E-state index is 0.195. The normalized spacial score (nSPS) is 10.0. The lowest BCUT2D eigenvalue weighted by molar-refractivity contribution is 0.292. The highest BCUT2D eigenvalue weighted by Crippen LogP contribution is 2.12. The molecule has 1 aromatic heterocycles. The molecule has 0 atom stereocenters. The van der Waals surface area contributed by atoms with Crippen LogP contribution in [0.1, 0.15) is 12.0 Å². The third-order valence-electron chi connectivity index (χ3n) is 1.79. The summed E-state index contributed by atoms with van der Waals surface area (Å²) in [4.78, 5) is 4.09. The summed E-state index contributed by atoms with van der Waals surface area (Å²) in [5, 5.41) is 11.6. The molecular weight excluding hydrogens is 166 g/mol. The molecule has 0 unspecified atom stereocenters. The van der Waals surface area contributed by atoms with E-state index in [0.29, 0.717) is 5.69 Å². The van der Waals surface area contributed by atoms with Gasteiger partial charge in [-0.05, 0) is 25.0 Å². The van der Waals surface area contributed by atoms with Gasteiger partial charge in [0.2, 0.25) is 0 Å². The average molecular weight is 181 g/mol. The number of hydrogen-bond acceptors (Lipinski definition) is 4. The van der Waals surface area contributed by atoms with E-state index in [1.165, 1.54) is 0 Å². The molecule has 0 bridgehead atoms. The van der Waals surface area contributed by atoms with E-state index in [9.17, 15) is 0 Å². The van der Waals surface area contributed by atoms with Gasteiger partial charge in [0.25, 0.3) is 0 Å². The molecule has 1 rings (SSSR count). The Bertz CT molecular complexity index is 276. The Hall–Kier alpha value is -1.29. The van der Waals surface area contributed by atoms with E-state index in [-0.39, 0.29) is 6.61 Å². The van der Waals surface area contributed by atoms with Crippen molar-refractivity contribution in [2.75, 3.05) is 24.2 Å². The summed E-state index contributed by atoms with van der Waals surface area (Å²) in [6.45, 7) is 2.86. The summed E-state index contributed by atoms with van der Waals surface area (Å²) in [6.07, 6.45) is 2.36. The van der Waals surface area contributed by atoms with Crippen molar-refractivity contribution in [1.29, 1.82) is 0 Å². The van der Waals surface area contributed by atoms with Crippen molar-refractivity contribution in [1.82, 2.24) is 4.98 Å². The molecule has 0 amide bonds. The number of aliphatic hydroxyl groups is 1. The summed E-state index contributed by atoms with van der Waals surface area (Å²) < 4.78 is 0. The first-order valence-corrected chi connectivity index (χ1v) is 4.31. The Labute approximate surface area is 77.8 Å². The third-order valence-corrected chi connectivity index (χ3v) is 1.79. The van der Waals surface area contributed by atoms with Gasteiger partial charge in [0.1, 0.15) is 5.82 Å². The zero-order valence-corrected chi connectivity index (χ0v) is 7.75. The summed E-state index contributed by atoms with van der Waals surface area (Å²) >= 11 is 0. The minimum atomic E-state index is 0.195. The van der Waals surface area contributed by atoms with Gasteiger partial charge in [-0.25, -0.2) is 4.98 Å². The van der Waals surface area contributed by atoms with Gasteiger partial charge < -0.3 is 16.2 Å². The van der Waals surface area contributed by atoms with Crippen LogP contribution in [0.5, 0.6) is 0 Å². The Morgan fingerprint density at radius 3 is 3.00 bits per heavy atom. The molecule has 0 spiro atoms. The molecule has 0 saturated carbocycles. The van der Waals surface area contributed by atoms with Crippen LogP contribution in [0, 0.1) is 6.92 Å². The Morgan fingerprint density at radius 1 is 1.62 bits per heavy atom. The molecule has 72 valence electrons. The maximum Gasteiger partial charge on any atom is 0.126 e. The molecule has 0 aromatic carbocycles. The van der Waals surface area contributed by atoms with Crippen molar-refractivity contribution in [2.45, 2.75) is 13.3 Å². The van der Waals surface area contributed by atoms with Crippen LogP contribution < -0.4 is 11.1 Å². The van der Waals surface area contributed by atoms with Crippen LogP contribution in [-0.2, 0) is 0 Å². The maximum absolute atomic E-state index is 8.56. The van der Waals surface area contributed by atoms with E-state index < -0.39 is 0 Å². The fraction of sp³-hybridized carbons (Fsp3) is 0.444. The average Bonchev–Trinajstić information content (AvgIpc) is 2.12. The number of aryl methyl sites for hydroxylation is 1. The quantitative estimate of drug-likeness (QED) is 0.600. The summed E-state index contributed by atoms with van der Waals surface area (Å²) in [5.41, 5.74) is 7.33. The standard InChI is InChI=1S/C9H15N3O/c1-7-5-9(11-3-2-4-13)12-6-8(7)10/h5-6,13H,2-4,10H2,1H3,(H,11,12). The molecule has 0 saturated heterocycles. The number of nitrogen functional groups attached to an aromatic ring is 1. The van der Waals surface area contributed by atoms with Crippen LogP contribution >= 0.6 is 0 Å². The highest BCUT2D eigenvalue weighted by atomic mass is 16.3. The Morgan fingerprint density at radius 2 is 2.38 bits per heavy atom. The van der Waals surface area contributed by atoms with Crippen LogP contribution in [0.2, 0.25) is 0 Å². The summed E-state index contributed by atoms with van der Waals surface area (Å²) in [7, 11) is 0. The number of aromatic nitrogens is 1. The SMILES string of the molecule is Cc1cc(NCCCO)ncc1N. The van der Waals surface area contributed by atoms with Gasteiger partial charge in [-0.3, -0.25) is 0 Å². The van der Waals surface area contributed by atoms with E-state index in [2.05, 4.69) is 10.3 Å². The van der Waals surface area contributed by atoms with Gasteiger partial charge in [0.15, 0.2) is 0 Å². The first-order chi connectivity index (χ1) is 6.24. The van der Waals surface area contributed by atoms with Gasteiger partial charge in [-0.1, -0.05) is 0 Å².